The zero-order valence-electron chi connectivity index (χ0n) is 9.81. The van der Waals surface area contributed by atoms with E-state index in [4.69, 9.17) is 0 Å². The van der Waals surface area contributed by atoms with Gasteiger partial charge in [-0.15, -0.1) is 0 Å². The maximum Gasteiger partial charge on any atom is 0.328 e. The Bertz CT molecular complexity index is 394. The van der Waals surface area contributed by atoms with E-state index >= 15 is 0 Å². The second-order valence-corrected chi connectivity index (χ2v) is 4.40. The molecule has 1 unspecified atom stereocenters. The van der Waals surface area contributed by atoms with Gasteiger partial charge in [-0.2, -0.15) is 5.10 Å². The number of hydrogen-bond donors (Lipinski definition) is 1. The predicted octanol–water partition coefficient (Wildman–Crippen LogP) is 2.04. The van der Waals surface area contributed by atoms with Crippen molar-refractivity contribution < 1.29 is 9.90 Å². The van der Waals surface area contributed by atoms with E-state index in [9.17, 15) is 9.90 Å². The Morgan fingerprint density at radius 1 is 1.56 bits per heavy atom. The van der Waals surface area contributed by atoms with Crippen LogP contribution in [0.1, 0.15) is 44.1 Å². The Morgan fingerprint density at radius 3 is 2.69 bits per heavy atom. The maximum absolute atomic E-state index is 11.3. The van der Waals surface area contributed by atoms with Gasteiger partial charge in [0.2, 0.25) is 0 Å². The summed E-state index contributed by atoms with van der Waals surface area (Å²) in [5.41, 5.74) is 2.03. The van der Waals surface area contributed by atoms with Crippen LogP contribution in [-0.2, 0) is 17.6 Å². The van der Waals surface area contributed by atoms with Gasteiger partial charge in [-0.05, 0) is 37.7 Å². The molecule has 2 rings (SSSR count). The van der Waals surface area contributed by atoms with Crippen LogP contribution in [0.3, 0.4) is 0 Å². The lowest BCUT2D eigenvalue weighted by Crippen LogP contribution is -2.23. The van der Waals surface area contributed by atoms with Crippen molar-refractivity contribution in [1.82, 2.24) is 9.78 Å². The molecular weight excluding hydrogens is 204 g/mol. The lowest BCUT2D eigenvalue weighted by atomic mass is 10.2. The molecule has 0 radical (unpaired) electrons. The molecule has 1 aliphatic carbocycles. The van der Waals surface area contributed by atoms with E-state index < -0.39 is 12.0 Å². The standard InChI is InChI=1S/C12H18N2O2/c1-3-9-7-10(4-2)14(13-9)11(12(15)16)8-5-6-8/h7-8,11H,3-6H2,1-2H3,(H,15,16). The Kier molecular flexibility index (Phi) is 2.99. The molecule has 4 heteroatoms. The lowest BCUT2D eigenvalue weighted by molar-refractivity contribution is -0.142. The lowest BCUT2D eigenvalue weighted by Gasteiger charge is -2.14. The summed E-state index contributed by atoms with van der Waals surface area (Å²) in [7, 11) is 0. The molecule has 88 valence electrons. The van der Waals surface area contributed by atoms with Crippen molar-refractivity contribution in [3.05, 3.63) is 17.5 Å². The molecule has 0 aliphatic heterocycles. The zero-order valence-corrected chi connectivity index (χ0v) is 9.81. The van der Waals surface area contributed by atoms with E-state index in [0.717, 1.165) is 37.1 Å². The smallest absolute Gasteiger partial charge is 0.328 e. The van der Waals surface area contributed by atoms with Crippen molar-refractivity contribution in [2.75, 3.05) is 0 Å². The minimum atomic E-state index is -0.747. The fraction of sp³-hybridized carbons (Fsp3) is 0.667. The molecule has 0 amide bonds. The fourth-order valence-electron chi connectivity index (χ4n) is 2.09. The van der Waals surface area contributed by atoms with E-state index in [2.05, 4.69) is 5.10 Å². The molecule has 1 N–H and O–H groups in total. The van der Waals surface area contributed by atoms with Gasteiger partial charge < -0.3 is 5.11 Å². The van der Waals surface area contributed by atoms with Crippen LogP contribution in [-0.4, -0.2) is 20.9 Å². The van der Waals surface area contributed by atoms with Crippen molar-refractivity contribution in [2.45, 2.75) is 45.6 Å². The molecule has 16 heavy (non-hydrogen) atoms. The van der Waals surface area contributed by atoms with Crippen molar-refractivity contribution >= 4 is 5.97 Å². The summed E-state index contributed by atoms with van der Waals surface area (Å²) in [5, 5.41) is 13.7. The molecule has 4 nitrogen and oxygen atoms in total. The molecule has 1 aromatic rings. The number of hydrogen-bond acceptors (Lipinski definition) is 2. The van der Waals surface area contributed by atoms with Crippen LogP contribution in [0.5, 0.6) is 0 Å². The van der Waals surface area contributed by atoms with Gasteiger partial charge in [0.25, 0.3) is 0 Å². The largest absolute Gasteiger partial charge is 0.480 e. The van der Waals surface area contributed by atoms with Crippen LogP contribution in [0.2, 0.25) is 0 Å². The number of aryl methyl sites for hydroxylation is 2. The molecule has 1 saturated carbocycles. The average molecular weight is 222 g/mol. The number of carbonyl (C=O) groups is 1. The SMILES string of the molecule is CCc1cc(CC)n(C(C(=O)O)C2CC2)n1. The number of aliphatic carboxylic acids is 1. The fourth-order valence-corrected chi connectivity index (χ4v) is 2.09. The third-order valence-corrected chi connectivity index (χ3v) is 3.17. The molecule has 1 fully saturated rings. The van der Waals surface area contributed by atoms with Crippen LogP contribution in [0.4, 0.5) is 0 Å². The Labute approximate surface area is 95.3 Å². The molecule has 0 aromatic carbocycles. The molecule has 0 bridgehead atoms. The van der Waals surface area contributed by atoms with E-state index in [-0.39, 0.29) is 5.92 Å². The second-order valence-electron chi connectivity index (χ2n) is 4.40. The summed E-state index contributed by atoms with van der Waals surface area (Å²) in [5.74, 6) is -0.463. The monoisotopic (exact) mass is 222 g/mol. The first-order valence-electron chi connectivity index (χ1n) is 5.97. The van der Waals surface area contributed by atoms with E-state index in [1.165, 1.54) is 0 Å². The molecule has 1 atom stereocenters. The van der Waals surface area contributed by atoms with Crippen molar-refractivity contribution in [2.24, 2.45) is 5.92 Å². The Hall–Kier alpha value is -1.32. The molecule has 1 heterocycles. The van der Waals surface area contributed by atoms with Gasteiger partial charge in [0.05, 0.1) is 5.69 Å². The van der Waals surface area contributed by atoms with Gasteiger partial charge in [-0.1, -0.05) is 13.8 Å². The highest BCUT2D eigenvalue weighted by molar-refractivity contribution is 5.72. The molecule has 1 aliphatic rings. The predicted molar refractivity (Wildman–Crippen MR) is 60.4 cm³/mol. The third-order valence-electron chi connectivity index (χ3n) is 3.17. The Balaban J connectivity index is 2.35. The minimum absolute atomic E-state index is 0.285. The summed E-state index contributed by atoms with van der Waals surface area (Å²) in [4.78, 5) is 11.3. The number of carboxylic acids is 1. The first-order chi connectivity index (χ1) is 7.67. The highest BCUT2D eigenvalue weighted by atomic mass is 16.4. The Morgan fingerprint density at radius 2 is 2.25 bits per heavy atom. The summed E-state index contributed by atoms with van der Waals surface area (Å²) >= 11 is 0. The number of carboxylic acid groups (broad SMARTS) is 1. The molecular formula is C12H18N2O2. The van der Waals surface area contributed by atoms with Crippen molar-refractivity contribution in [1.29, 1.82) is 0 Å². The quantitative estimate of drug-likeness (QED) is 0.829. The summed E-state index contributed by atoms with van der Waals surface area (Å²) in [6.45, 7) is 4.08. The van der Waals surface area contributed by atoms with Gasteiger partial charge in [-0.3, -0.25) is 4.68 Å². The summed E-state index contributed by atoms with van der Waals surface area (Å²) in [6, 6.07) is 1.58. The van der Waals surface area contributed by atoms with Crippen molar-refractivity contribution in [3.8, 4) is 0 Å². The number of nitrogens with zero attached hydrogens (tertiary/aromatic N) is 2. The first-order valence-corrected chi connectivity index (χ1v) is 5.97. The van der Waals surface area contributed by atoms with Crippen LogP contribution >= 0.6 is 0 Å². The first kappa shape index (κ1) is 11.2. The highest BCUT2D eigenvalue weighted by Gasteiger charge is 2.39. The van der Waals surface area contributed by atoms with Gasteiger partial charge >= 0.3 is 5.97 Å². The van der Waals surface area contributed by atoms with E-state index in [0.29, 0.717) is 0 Å². The molecule has 0 saturated heterocycles. The normalized spacial score (nSPS) is 17.4. The van der Waals surface area contributed by atoms with Crippen LogP contribution in [0.25, 0.3) is 0 Å². The van der Waals surface area contributed by atoms with Gasteiger partial charge in [0.1, 0.15) is 0 Å². The van der Waals surface area contributed by atoms with Crippen LogP contribution in [0, 0.1) is 5.92 Å². The number of rotatable bonds is 5. The van der Waals surface area contributed by atoms with Gasteiger partial charge in [0, 0.05) is 5.69 Å². The summed E-state index contributed by atoms with van der Waals surface area (Å²) in [6.07, 6.45) is 3.73. The van der Waals surface area contributed by atoms with E-state index in [1.807, 2.05) is 19.9 Å². The third kappa shape index (κ3) is 1.96. The van der Waals surface area contributed by atoms with Gasteiger partial charge in [0.15, 0.2) is 6.04 Å². The zero-order chi connectivity index (χ0) is 11.7. The van der Waals surface area contributed by atoms with E-state index in [1.54, 1.807) is 4.68 Å². The second kappa shape index (κ2) is 4.28. The number of aromatic nitrogens is 2. The van der Waals surface area contributed by atoms with Crippen molar-refractivity contribution in [3.63, 3.8) is 0 Å². The molecule has 1 aromatic heterocycles. The average Bonchev–Trinajstić information content (AvgIpc) is 2.98. The van der Waals surface area contributed by atoms with Crippen LogP contribution in [0.15, 0.2) is 6.07 Å². The minimum Gasteiger partial charge on any atom is -0.480 e. The highest BCUT2D eigenvalue weighted by Crippen LogP contribution is 2.40. The summed E-state index contributed by atoms with van der Waals surface area (Å²) < 4.78 is 1.73. The van der Waals surface area contributed by atoms with Gasteiger partial charge in [-0.25, -0.2) is 4.79 Å². The maximum atomic E-state index is 11.3. The van der Waals surface area contributed by atoms with Crippen LogP contribution < -0.4 is 0 Å². The molecule has 0 spiro atoms. The topological polar surface area (TPSA) is 55.1 Å².